The highest BCUT2D eigenvalue weighted by Crippen LogP contribution is 2.31. The number of rotatable bonds is 5. The van der Waals surface area contributed by atoms with Gasteiger partial charge in [-0.25, -0.2) is 0 Å². The van der Waals surface area contributed by atoms with Crippen molar-refractivity contribution < 1.29 is 32.3 Å². The van der Waals surface area contributed by atoms with E-state index in [1.807, 2.05) is 0 Å². The van der Waals surface area contributed by atoms with Crippen molar-refractivity contribution in [2.24, 2.45) is 0 Å². The Morgan fingerprint density at radius 3 is 2.13 bits per heavy atom. The van der Waals surface area contributed by atoms with E-state index in [0.29, 0.717) is 5.69 Å². The van der Waals surface area contributed by atoms with Crippen LogP contribution >= 0.6 is 0 Å². The molecule has 0 aliphatic carbocycles. The zero-order chi connectivity index (χ0) is 22.9. The van der Waals surface area contributed by atoms with Crippen LogP contribution in [-0.2, 0) is 25.3 Å². The van der Waals surface area contributed by atoms with Crippen LogP contribution in [0.15, 0.2) is 24.3 Å². The van der Waals surface area contributed by atoms with Crippen molar-refractivity contribution in [2.45, 2.75) is 64.5 Å². The number of amides is 2. The maximum Gasteiger partial charge on any atom is 0.416 e. The summed E-state index contributed by atoms with van der Waals surface area (Å²) in [6, 6.07) is 3.40. The van der Waals surface area contributed by atoms with E-state index in [1.54, 1.807) is 20.8 Å². The molecule has 2 N–H and O–H groups in total. The number of ether oxygens (including phenoxy) is 1. The molecule has 2 atom stereocenters. The zero-order valence-electron chi connectivity index (χ0n) is 17.5. The molecule has 1 saturated heterocycles. The predicted octanol–water partition coefficient (Wildman–Crippen LogP) is 2.59. The summed E-state index contributed by atoms with van der Waals surface area (Å²) in [7, 11) is 0. The van der Waals surface area contributed by atoms with Crippen LogP contribution < -0.4 is 15.5 Å². The molecule has 1 aromatic rings. The Morgan fingerprint density at radius 1 is 1.10 bits per heavy atom. The molecule has 0 spiro atoms. The minimum Gasteiger partial charge on any atom is -0.435 e. The zero-order valence-corrected chi connectivity index (χ0v) is 17.5. The molecule has 10 heteroatoms. The largest absolute Gasteiger partial charge is 0.435 e. The maximum atomic E-state index is 12.8. The van der Waals surface area contributed by atoms with Crippen molar-refractivity contribution >= 4 is 23.5 Å². The van der Waals surface area contributed by atoms with Crippen LogP contribution in [0.5, 0.6) is 0 Å². The van der Waals surface area contributed by atoms with Gasteiger partial charge >= 0.3 is 12.1 Å². The lowest BCUT2D eigenvalue weighted by atomic mass is 10.1. The Morgan fingerprint density at radius 2 is 1.67 bits per heavy atom. The number of benzene rings is 1. The number of hydrogen-bond donors (Lipinski definition) is 2. The Bertz CT molecular complexity index is 818. The summed E-state index contributed by atoms with van der Waals surface area (Å²) < 4.78 is 43.4. The third kappa shape index (κ3) is 5.71. The molecule has 166 valence electrons. The molecule has 2 amide bonds. The fourth-order valence-corrected chi connectivity index (χ4v) is 3.12. The highest BCUT2D eigenvalue weighted by Gasteiger charge is 2.44. The van der Waals surface area contributed by atoms with Gasteiger partial charge in [0.25, 0.3) is 5.91 Å². The average molecular weight is 429 g/mol. The van der Waals surface area contributed by atoms with Gasteiger partial charge in [-0.3, -0.25) is 19.7 Å². The summed E-state index contributed by atoms with van der Waals surface area (Å²) in [4.78, 5) is 38.4. The molecule has 0 bridgehead atoms. The Balaban J connectivity index is 2.18. The first kappa shape index (κ1) is 23.7. The molecule has 0 saturated carbocycles. The number of alkyl halides is 3. The molecular formula is C20H26F3N3O4. The van der Waals surface area contributed by atoms with Gasteiger partial charge in [-0.05, 0) is 58.4 Å². The third-order valence-electron chi connectivity index (χ3n) is 4.43. The maximum absolute atomic E-state index is 12.8. The number of halogens is 3. The molecule has 7 nitrogen and oxygen atoms in total. The van der Waals surface area contributed by atoms with Gasteiger partial charge in [0.15, 0.2) is 0 Å². The Labute approximate surface area is 172 Å². The number of carbonyl (C=O) groups is 3. The molecule has 1 aliphatic heterocycles. The van der Waals surface area contributed by atoms with Crippen molar-refractivity contribution in [2.75, 3.05) is 11.4 Å². The lowest BCUT2D eigenvalue weighted by Gasteiger charge is -2.34. The summed E-state index contributed by atoms with van der Waals surface area (Å²) >= 11 is 0. The molecule has 0 radical (unpaired) electrons. The lowest BCUT2D eigenvalue weighted by Crippen LogP contribution is -2.63. The van der Waals surface area contributed by atoms with Crippen LogP contribution in [0.4, 0.5) is 18.9 Å². The molecule has 1 fully saturated rings. The van der Waals surface area contributed by atoms with Crippen molar-refractivity contribution in [3.05, 3.63) is 29.8 Å². The third-order valence-corrected chi connectivity index (χ3v) is 4.43. The van der Waals surface area contributed by atoms with E-state index in [2.05, 4.69) is 10.6 Å². The minimum absolute atomic E-state index is 0.235. The second-order valence-electron chi connectivity index (χ2n) is 8.35. The van der Waals surface area contributed by atoms with Crippen LogP contribution in [0.25, 0.3) is 0 Å². The van der Waals surface area contributed by atoms with Crippen molar-refractivity contribution in [1.29, 1.82) is 0 Å². The number of hydrogen-bond acceptors (Lipinski definition) is 5. The highest BCUT2D eigenvalue weighted by molar-refractivity contribution is 6.00. The minimum atomic E-state index is -4.47. The standard InChI is InChI=1S/C20H26F3N3O4/c1-12(27)30-19(5,17(29)25-18(2,3)4)24-15-10-11-26(16(15)28)14-8-6-13(7-9-14)20(21,22)23/h6-9,15,24H,10-11H2,1-5H3,(H,25,29). The highest BCUT2D eigenvalue weighted by atomic mass is 19.4. The topological polar surface area (TPSA) is 87.7 Å². The van der Waals surface area contributed by atoms with Crippen LogP contribution in [0.3, 0.4) is 0 Å². The first-order chi connectivity index (χ1) is 13.6. The van der Waals surface area contributed by atoms with Gasteiger partial charge in [0, 0.05) is 24.7 Å². The average Bonchev–Trinajstić information content (AvgIpc) is 2.92. The molecule has 0 aromatic heterocycles. The first-order valence-corrected chi connectivity index (χ1v) is 9.41. The van der Waals surface area contributed by atoms with Gasteiger partial charge < -0.3 is 15.0 Å². The summed E-state index contributed by atoms with van der Waals surface area (Å²) in [6.07, 6.45) is -4.19. The second kappa shape index (κ2) is 8.25. The van der Waals surface area contributed by atoms with Crippen LogP contribution in [-0.4, -0.2) is 41.6 Å². The Hall–Kier alpha value is -2.62. The quantitative estimate of drug-likeness (QED) is 0.555. The van der Waals surface area contributed by atoms with Gasteiger partial charge in [0.1, 0.15) is 0 Å². The van der Waals surface area contributed by atoms with E-state index in [4.69, 9.17) is 4.74 Å². The van der Waals surface area contributed by atoms with Crippen LogP contribution in [0.1, 0.15) is 46.6 Å². The normalized spacial score (nSPS) is 19.4. The predicted molar refractivity (Wildman–Crippen MR) is 103 cm³/mol. The van der Waals surface area contributed by atoms with E-state index in [0.717, 1.165) is 19.1 Å². The fraction of sp³-hybridized carbons (Fsp3) is 0.550. The van der Waals surface area contributed by atoms with E-state index in [-0.39, 0.29) is 13.0 Å². The second-order valence-corrected chi connectivity index (χ2v) is 8.35. The summed E-state index contributed by atoms with van der Waals surface area (Å²) in [6.45, 7) is 8.00. The van der Waals surface area contributed by atoms with Gasteiger partial charge in [-0.2, -0.15) is 13.2 Å². The number of nitrogens with zero attached hydrogens (tertiary/aromatic N) is 1. The molecule has 2 unspecified atom stereocenters. The van der Waals surface area contributed by atoms with Gasteiger partial charge in [0.05, 0.1) is 11.6 Å². The number of anilines is 1. The smallest absolute Gasteiger partial charge is 0.416 e. The monoisotopic (exact) mass is 429 g/mol. The molecular weight excluding hydrogens is 403 g/mol. The number of carbonyl (C=O) groups excluding carboxylic acids is 3. The number of nitrogens with one attached hydrogen (secondary N) is 2. The lowest BCUT2D eigenvalue weighted by molar-refractivity contribution is -0.171. The molecule has 30 heavy (non-hydrogen) atoms. The molecule has 1 heterocycles. The first-order valence-electron chi connectivity index (χ1n) is 9.41. The van der Waals surface area contributed by atoms with Crippen LogP contribution in [0.2, 0.25) is 0 Å². The summed E-state index contributed by atoms with van der Waals surface area (Å²) in [5.74, 6) is -1.76. The Kier molecular flexibility index (Phi) is 6.51. The van der Waals surface area contributed by atoms with Crippen molar-refractivity contribution in [3.8, 4) is 0 Å². The molecule has 2 rings (SSSR count). The van der Waals surface area contributed by atoms with Crippen molar-refractivity contribution in [1.82, 2.24) is 10.6 Å². The van der Waals surface area contributed by atoms with Gasteiger partial charge in [-0.1, -0.05) is 0 Å². The summed E-state index contributed by atoms with van der Waals surface area (Å²) in [5.41, 5.74) is -2.90. The van der Waals surface area contributed by atoms with E-state index >= 15 is 0 Å². The van der Waals surface area contributed by atoms with E-state index in [1.165, 1.54) is 24.0 Å². The van der Waals surface area contributed by atoms with Gasteiger partial charge in [0.2, 0.25) is 11.6 Å². The molecule has 1 aromatic carbocycles. The van der Waals surface area contributed by atoms with Gasteiger partial charge in [-0.15, -0.1) is 0 Å². The summed E-state index contributed by atoms with van der Waals surface area (Å²) in [5, 5.41) is 5.51. The SMILES string of the molecule is CC(=O)OC(C)(NC1CCN(c2ccc(C(F)(F)F)cc2)C1=O)C(=O)NC(C)(C)C. The van der Waals surface area contributed by atoms with E-state index < -0.39 is 46.8 Å². The van der Waals surface area contributed by atoms with Crippen molar-refractivity contribution in [3.63, 3.8) is 0 Å². The van der Waals surface area contributed by atoms with E-state index in [9.17, 15) is 27.6 Å². The number of esters is 1. The van der Waals surface area contributed by atoms with Crippen LogP contribution in [0, 0.1) is 0 Å². The fourth-order valence-electron chi connectivity index (χ4n) is 3.12. The molecule has 1 aliphatic rings.